The van der Waals surface area contributed by atoms with Gasteiger partial charge in [-0.2, -0.15) is 0 Å². The highest BCUT2D eigenvalue weighted by Gasteiger charge is 2.14. The third kappa shape index (κ3) is 4.42. The first-order chi connectivity index (χ1) is 9.65. The molecule has 0 fully saturated rings. The van der Waals surface area contributed by atoms with Crippen LogP contribution in [0.3, 0.4) is 0 Å². The molecule has 1 aromatic rings. The Kier molecular flexibility index (Phi) is 6.87. The Morgan fingerprint density at radius 1 is 1.20 bits per heavy atom. The van der Waals surface area contributed by atoms with E-state index in [4.69, 9.17) is 14.6 Å². The molecule has 0 aliphatic heterocycles. The first kappa shape index (κ1) is 16.3. The van der Waals surface area contributed by atoms with Crippen LogP contribution in [0.15, 0.2) is 18.2 Å². The summed E-state index contributed by atoms with van der Waals surface area (Å²) in [6.07, 6.45) is 0.678. The zero-order chi connectivity index (χ0) is 15.0. The molecule has 0 spiro atoms. The van der Waals surface area contributed by atoms with E-state index in [1.165, 1.54) is 0 Å². The highest BCUT2D eigenvalue weighted by atomic mass is 16.5. The minimum absolute atomic E-state index is 0.0718. The van der Waals surface area contributed by atoms with Crippen molar-refractivity contribution >= 4 is 5.91 Å². The van der Waals surface area contributed by atoms with Crippen LogP contribution in [0.4, 0.5) is 0 Å². The summed E-state index contributed by atoms with van der Waals surface area (Å²) in [5.41, 5.74) is 0.490. The molecule has 1 aromatic carbocycles. The Balaban J connectivity index is 2.89. The van der Waals surface area contributed by atoms with E-state index in [0.29, 0.717) is 36.7 Å². The molecule has 0 heterocycles. The molecular weight excluding hydrogens is 258 g/mol. The zero-order valence-corrected chi connectivity index (χ0v) is 12.3. The number of aliphatic hydroxyl groups excluding tert-OH is 1. The number of carbonyl (C=O) groups is 1. The van der Waals surface area contributed by atoms with Gasteiger partial charge in [-0.3, -0.25) is 4.79 Å². The van der Waals surface area contributed by atoms with Crippen LogP contribution in [-0.2, 0) is 0 Å². The molecule has 0 aromatic heterocycles. The van der Waals surface area contributed by atoms with E-state index in [0.717, 1.165) is 0 Å². The molecule has 1 atom stereocenters. The van der Waals surface area contributed by atoms with Crippen LogP contribution in [0, 0.1) is 0 Å². The van der Waals surface area contributed by atoms with Gasteiger partial charge in [0.25, 0.3) is 5.91 Å². The molecule has 0 aliphatic carbocycles. The van der Waals surface area contributed by atoms with Gasteiger partial charge in [0, 0.05) is 5.56 Å². The van der Waals surface area contributed by atoms with Gasteiger partial charge < -0.3 is 19.9 Å². The summed E-state index contributed by atoms with van der Waals surface area (Å²) in [5, 5.41) is 11.9. The van der Waals surface area contributed by atoms with Crippen LogP contribution >= 0.6 is 0 Å². The number of benzene rings is 1. The predicted octanol–water partition coefficient (Wildman–Crippen LogP) is 1.98. The average molecular weight is 281 g/mol. The van der Waals surface area contributed by atoms with Gasteiger partial charge in [-0.15, -0.1) is 0 Å². The SMILES string of the molecule is CCOc1ccc(C(=O)NC(CC)CO)cc1OCC. The fourth-order valence-corrected chi connectivity index (χ4v) is 1.74. The summed E-state index contributed by atoms with van der Waals surface area (Å²) in [5.74, 6) is 0.953. The maximum Gasteiger partial charge on any atom is 0.251 e. The number of hydrogen-bond donors (Lipinski definition) is 2. The van der Waals surface area contributed by atoms with Gasteiger partial charge in [0.1, 0.15) is 0 Å². The molecule has 0 saturated carbocycles. The maximum atomic E-state index is 12.1. The largest absolute Gasteiger partial charge is 0.490 e. The lowest BCUT2D eigenvalue weighted by Gasteiger charge is -2.15. The first-order valence-corrected chi connectivity index (χ1v) is 6.97. The van der Waals surface area contributed by atoms with E-state index in [1.54, 1.807) is 18.2 Å². The average Bonchev–Trinajstić information content (AvgIpc) is 2.46. The van der Waals surface area contributed by atoms with E-state index < -0.39 is 0 Å². The van der Waals surface area contributed by atoms with Crippen molar-refractivity contribution in [1.82, 2.24) is 5.32 Å². The molecule has 112 valence electrons. The normalized spacial score (nSPS) is 11.8. The third-order valence-electron chi connectivity index (χ3n) is 2.85. The highest BCUT2D eigenvalue weighted by Crippen LogP contribution is 2.28. The summed E-state index contributed by atoms with van der Waals surface area (Å²) in [4.78, 5) is 12.1. The molecule has 2 N–H and O–H groups in total. The number of hydrogen-bond acceptors (Lipinski definition) is 4. The second-order valence-electron chi connectivity index (χ2n) is 4.29. The van der Waals surface area contributed by atoms with E-state index in [-0.39, 0.29) is 18.6 Å². The quantitative estimate of drug-likeness (QED) is 0.764. The second kappa shape index (κ2) is 8.43. The minimum Gasteiger partial charge on any atom is -0.490 e. The van der Waals surface area contributed by atoms with Crippen molar-refractivity contribution in [3.05, 3.63) is 23.8 Å². The fourth-order valence-electron chi connectivity index (χ4n) is 1.74. The van der Waals surface area contributed by atoms with Gasteiger partial charge in [0.2, 0.25) is 0 Å². The lowest BCUT2D eigenvalue weighted by atomic mass is 10.1. The van der Waals surface area contributed by atoms with Gasteiger partial charge in [-0.25, -0.2) is 0 Å². The van der Waals surface area contributed by atoms with Gasteiger partial charge >= 0.3 is 0 Å². The molecule has 1 rings (SSSR count). The van der Waals surface area contributed by atoms with Crippen molar-refractivity contribution < 1.29 is 19.4 Å². The van der Waals surface area contributed by atoms with E-state index in [1.807, 2.05) is 20.8 Å². The predicted molar refractivity (Wildman–Crippen MR) is 77.4 cm³/mol. The Morgan fingerprint density at radius 2 is 1.85 bits per heavy atom. The number of nitrogens with one attached hydrogen (secondary N) is 1. The second-order valence-corrected chi connectivity index (χ2v) is 4.29. The number of amides is 1. The topological polar surface area (TPSA) is 67.8 Å². The zero-order valence-electron chi connectivity index (χ0n) is 12.3. The highest BCUT2D eigenvalue weighted by molar-refractivity contribution is 5.95. The Bertz CT molecular complexity index is 430. The number of carbonyl (C=O) groups excluding carboxylic acids is 1. The molecule has 1 amide bonds. The van der Waals surface area contributed by atoms with Crippen LogP contribution in [0.2, 0.25) is 0 Å². The van der Waals surface area contributed by atoms with Crippen molar-refractivity contribution in [2.45, 2.75) is 33.2 Å². The van der Waals surface area contributed by atoms with Crippen molar-refractivity contribution in [3.8, 4) is 11.5 Å². The van der Waals surface area contributed by atoms with Gasteiger partial charge in [-0.1, -0.05) is 6.92 Å². The standard InChI is InChI=1S/C15H23NO4/c1-4-12(10-17)16-15(18)11-7-8-13(19-5-2)14(9-11)20-6-3/h7-9,12,17H,4-6,10H2,1-3H3,(H,16,18). The van der Waals surface area contributed by atoms with Crippen molar-refractivity contribution in [2.24, 2.45) is 0 Å². The lowest BCUT2D eigenvalue weighted by molar-refractivity contribution is 0.0914. The molecule has 20 heavy (non-hydrogen) atoms. The molecular formula is C15H23NO4. The van der Waals surface area contributed by atoms with Crippen molar-refractivity contribution in [3.63, 3.8) is 0 Å². The van der Waals surface area contributed by atoms with Crippen LogP contribution in [0.1, 0.15) is 37.6 Å². The van der Waals surface area contributed by atoms with Crippen molar-refractivity contribution in [2.75, 3.05) is 19.8 Å². The Morgan fingerprint density at radius 3 is 2.40 bits per heavy atom. The molecule has 0 aliphatic rings. The summed E-state index contributed by atoms with van der Waals surface area (Å²) in [6.45, 7) is 6.64. The molecule has 5 nitrogen and oxygen atoms in total. The summed E-state index contributed by atoms with van der Waals surface area (Å²) >= 11 is 0. The number of rotatable bonds is 8. The lowest BCUT2D eigenvalue weighted by Crippen LogP contribution is -2.36. The third-order valence-corrected chi connectivity index (χ3v) is 2.85. The monoisotopic (exact) mass is 281 g/mol. The Hall–Kier alpha value is -1.75. The van der Waals surface area contributed by atoms with Crippen molar-refractivity contribution in [1.29, 1.82) is 0 Å². The van der Waals surface area contributed by atoms with Gasteiger partial charge in [0.05, 0.1) is 25.9 Å². The van der Waals surface area contributed by atoms with Crippen LogP contribution < -0.4 is 14.8 Å². The molecule has 0 bridgehead atoms. The molecule has 1 unspecified atom stereocenters. The van der Waals surface area contributed by atoms with Gasteiger partial charge in [-0.05, 0) is 38.5 Å². The van der Waals surface area contributed by atoms with E-state index in [2.05, 4.69) is 5.32 Å². The fraction of sp³-hybridized carbons (Fsp3) is 0.533. The minimum atomic E-state index is -0.232. The smallest absolute Gasteiger partial charge is 0.251 e. The van der Waals surface area contributed by atoms with Crippen LogP contribution in [0.5, 0.6) is 11.5 Å². The molecule has 5 heteroatoms. The molecule has 0 radical (unpaired) electrons. The summed E-state index contributed by atoms with van der Waals surface area (Å²) in [6, 6.07) is 4.84. The van der Waals surface area contributed by atoms with Crippen LogP contribution in [-0.4, -0.2) is 36.9 Å². The van der Waals surface area contributed by atoms with E-state index in [9.17, 15) is 4.79 Å². The van der Waals surface area contributed by atoms with Crippen LogP contribution in [0.25, 0.3) is 0 Å². The molecule has 0 saturated heterocycles. The summed E-state index contributed by atoms with van der Waals surface area (Å²) in [7, 11) is 0. The van der Waals surface area contributed by atoms with Gasteiger partial charge in [0.15, 0.2) is 11.5 Å². The Labute approximate surface area is 119 Å². The number of aliphatic hydroxyl groups is 1. The summed E-state index contributed by atoms with van der Waals surface area (Å²) < 4.78 is 10.9. The first-order valence-electron chi connectivity index (χ1n) is 6.97. The maximum absolute atomic E-state index is 12.1. The van der Waals surface area contributed by atoms with E-state index >= 15 is 0 Å². The number of ether oxygens (including phenoxy) is 2.